The van der Waals surface area contributed by atoms with Gasteiger partial charge in [0, 0.05) is 26.4 Å². The van der Waals surface area contributed by atoms with Crippen LogP contribution in [-0.2, 0) is 22.0 Å². The molecule has 1 unspecified atom stereocenters. The molecule has 3 rings (SSSR count). The van der Waals surface area contributed by atoms with Crippen LogP contribution in [0.3, 0.4) is 0 Å². The Morgan fingerprint density at radius 1 is 0.966 bits per heavy atom. The van der Waals surface area contributed by atoms with Gasteiger partial charge in [-0.1, -0.05) is 48.3 Å². The van der Waals surface area contributed by atoms with E-state index in [1.54, 1.807) is 39.8 Å². The van der Waals surface area contributed by atoms with Gasteiger partial charge in [0.25, 0.3) is 0 Å². The van der Waals surface area contributed by atoms with Gasteiger partial charge >= 0.3 is 0 Å². The summed E-state index contributed by atoms with van der Waals surface area (Å²) in [6.45, 7) is 8.75. The fraction of sp³-hybridized carbons (Fsp3) is 0.348. The molecule has 0 spiro atoms. The van der Waals surface area contributed by atoms with E-state index in [9.17, 15) is 14.1 Å². The van der Waals surface area contributed by atoms with Crippen LogP contribution in [0.25, 0.3) is 16.7 Å². The van der Waals surface area contributed by atoms with Gasteiger partial charge in [-0.3, -0.25) is 9.00 Å². The van der Waals surface area contributed by atoms with Crippen molar-refractivity contribution in [2.45, 2.75) is 50.5 Å². The summed E-state index contributed by atoms with van der Waals surface area (Å²) >= 11 is 12.4. The van der Waals surface area contributed by atoms with Gasteiger partial charge in [0.15, 0.2) is 5.78 Å². The monoisotopic (exact) mass is 450 g/mol. The standard InChI is InChI=1S/C23H24Cl2O3S/c1-6-13-7-8-14(16-10-9-15(24)12-18(16)25)11-17(13)19-20(26)22(2,3)29(28)23(4,5)21(19)27/h7-12,26H,6H2,1-5H3. The predicted octanol–water partition coefficient (Wildman–Crippen LogP) is 6.38. The van der Waals surface area contributed by atoms with E-state index < -0.39 is 20.3 Å². The fourth-order valence-corrected chi connectivity index (χ4v) is 6.12. The molecule has 1 atom stereocenters. The summed E-state index contributed by atoms with van der Waals surface area (Å²) in [4.78, 5) is 13.3. The number of halogens is 2. The molecule has 0 amide bonds. The minimum absolute atomic E-state index is 0.130. The Kier molecular flexibility index (Phi) is 5.76. The minimum Gasteiger partial charge on any atom is -0.510 e. The molecule has 0 fully saturated rings. The van der Waals surface area contributed by atoms with Crippen molar-refractivity contribution in [1.29, 1.82) is 0 Å². The number of allylic oxidation sites excluding steroid dienone is 1. The molecule has 6 heteroatoms. The lowest BCUT2D eigenvalue weighted by Gasteiger charge is -2.39. The molecule has 1 aliphatic rings. The molecule has 0 aromatic heterocycles. The summed E-state index contributed by atoms with van der Waals surface area (Å²) < 4.78 is 10.8. The summed E-state index contributed by atoms with van der Waals surface area (Å²) in [5, 5.41) is 12.1. The van der Waals surface area contributed by atoms with Gasteiger partial charge in [0.1, 0.15) is 10.5 Å². The number of carbonyl (C=O) groups is 1. The third-order valence-corrected chi connectivity index (χ3v) is 8.29. The highest BCUT2D eigenvalue weighted by atomic mass is 35.5. The Hall–Kier alpha value is -1.62. The van der Waals surface area contributed by atoms with Gasteiger partial charge < -0.3 is 5.11 Å². The Morgan fingerprint density at radius 3 is 2.21 bits per heavy atom. The quantitative estimate of drug-likeness (QED) is 0.589. The molecular formula is C23H24Cl2O3S. The van der Waals surface area contributed by atoms with Crippen LogP contribution in [0.1, 0.15) is 45.7 Å². The lowest BCUT2D eigenvalue weighted by atomic mass is 9.85. The highest BCUT2D eigenvalue weighted by Crippen LogP contribution is 2.44. The van der Waals surface area contributed by atoms with E-state index in [4.69, 9.17) is 23.2 Å². The van der Waals surface area contributed by atoms with Crippen LogP contribution in [0, 0.1) is 0 Å². The summed E-state index contributed by atoms with van der Waals surface area (Å²) in [7, 11) is -1.56. The summed E-state index contributed by atoms with van der Waals surface area (Å²) in [6, 6.07) is 11.0. The second-order valence-electron chi connectivity index (χ2n) is 8.19. The molecule has 2 aromatic carbocycles. The van der Waals surface area contributed by atoms with Crippen LogP contribution in [-0.4, -0.2) is 24.6 Å². The van der Waals surface area contributed by atoms with Crippen molar-refractivity contribution in [1.82, 2.24) is 0 Å². The number of hydrogen-bond donors (Lipinski definition) is 1. The van der Waals surface area contributed by atoms with Crippen molar-refractivity contribution in [3.8, 4) is 11.1 Å². The van der Waals surface area contributed by atoms with E-state index >= 15 is 0 Å². The first kappa shape index (κ1) is 22.1. The van der Waals surface area contributed by atoms with Crippen molar-refractivity contribution in [3.63, 3.8) is 0 Å². The molecule has 0 saturated carbocycles. The topological polar surface area (TPSA) is 54.4 Å². The predicted molar refractivity (Wildman–Crippen MR) is 122 cm³/mol. The lowest BCUT2D eigenvalue weighted by molar-refractivity contribution is -0.115. The van der Waals surface area contributed by atoms with Gasteiger partial charge in [0.05, 0.1) is 10.3 Å². The molecule has 3 nitrogen and oxygen atoms in total. The molecule has 2 aromatic rings. The smallest absolute Gasteiger partial charge is 0.184 e. The summed E-state index contributed by atoms with van der Waals surface area (Å²) in [5.74, 6) is -0.448. The maximum absolute atomic E-state index is 13.3. The zero-order valence-electron chi connectivity index (χ0n) is 17.1. The minimum atomic E-state index is -1.56. The molecule has 154 valence electrons. The van der Waals surface area contributed by atoms with E-state index in [1.807, 2.05) is 31.2 Å². The first-order chi connectivity index (χ1) is 13.4. The molecule has 0 radical (unpaired) electrons. The average molecular weight is 451 g/mol. The SMILES string of the molecule is CCc1ccc(-c2ccc(Cl)cc2Cl)cc1C1=C(O)C(C)(C)S(=O)C(C)(C)C1=O. The second kappa shape index (κ2) is 7.57. The zero-order chi connectivity index (χ0) is 21.7. The number of aryl methyl sites for hydroxylation is 1. The van der Waals surface area contributed by atoms with E-state index in [1.165, 1.54) is 0 Å². The van der Waals surface area contributed by atoms with Crippen LogP contribution >= 0.6 is 23.2 Å². The van der Waals surface area contributed by atoms with Gasteiger partial charge in [-0.15, -0.1) is 0 Å². The number of aliphatic hydroxyl groups is 1. The van der Waals surface area contributed by atoms with Crippen molar-refractivity contribution in [2.75, 3.05) is 0 Å². The van der Waals surface area contributed by atoms with E-state index in [-0.39, 0.29) is 17.1 Å². The molecule has 29 heavy (non-hydrogen) atoms. The molecular weight excluding hydrogens is 427 g/mol. The Morgan fingerprint density at radius 2 is 1.62 bits per heavy atom. The Bertz CT molecular complexity index is 1070. The molecule has 1 N–H and O–H groups in total. The molecule has 1 aliphatic heterocycles. The third-order valence-electron chi connectivity index (χ3n) is 5.51. The summed E-state index contributed by atoms with van der Waals surface area (Å²) in [5.41, 5.74) is 3.41. The normalized spacial score (nSPS) is 20.8. The fourth-order valence-electron chi connectivity index (χ4n) is 3.78. The first-order valence-electron chi connectivity index (χ1n) is 9.42. The molecule has 0 bridgehead atoms. The van der Waals surface area contributed by atoms with E-state index in [0.717, 1.165) is 16.7 Å². The van der Waals surface area contributed by atoms with Gasteiger partial charge in [-0.2, -0.15) is 0 Å². The Balaban J connectivity index is 2.31. The molecule has 0 aliphatic carbocycles. The maximum Gasteiger partial charge on any atom is 0.184 e. The summed E-state index contributed by atoms with van der Waals surface area (Å²) in [6.07, 6.45) is 0.679. The van der Waals surface area contributed by atoms with Crippen LogP contribution in [0.5, 0.6) is 0 Å². The highest BCUT2D eigenvalue weighted by molar-refractivity contribution is 7.89. The van der Waals surface area contributed by atoms with Crippen molar-refractivity contribution in [3.05, 3.63) is 63.3 Å². The van der Waals surface area contributed by atoms with Crippen LogP contribution < -0.4 is 0 Å². The second-order valence-corrected chi connectivity index (χ2v) is 11.6. The number of benzene rings is 2. The maximum atomic E-state index is 13.3. The zero-order valence-corrected chi connectivity index (χ0v) is 19.4. The Labute approximate surface area is 184 Å². The number of ketones is 1. The van der Waals surface area contributed by atoms with Gasteiger partial charge in [-0.25, -0.2) is 0 Å². The van der Waals surface area contributed by atoms with Crippen molar-refractivity contribution in [2.24, 2.45) is 0 Å². The van der Waals surface area contributed by atoms with E-state index in [2.05, 4.69) is 0 Å². The average Bonchev–Trinajstić information content (AvgIpc) is 2.66. The number of rotatable bonds is 3. The number of hydrogen-bond acceptors (Lipinski definition) is 3. The number of Topliss-reactive ketones (excluding diaryl/α,β-unsaturated/α-hetero) is 1. The lowest BCUT2D eigenvalue weighted by Crippen LogP contribution is -2.52. The third kappa shape index (κ3) is 3.56. The van der Waals surface area contributed by atoms with Crippen molar-refractivity contribution < 1.29 is 14.1 Å². The van der Waals surface area contributed by atoms with Gasteiger partial charge in [0.2, 0.25) is 0 Å². The van der Waals surface area contributed by atoms with Gasteiger partial charge in [-0.05, 0) is 69.0 Å². The van der Waals surface area contributed by atoms with Crippen molar-refractivity contribution >= 4 is 45.4 Å². The molecule has 0 saturated heterocycles. The van der Waals surface area contributed by atoms with E-state index in [0.29, 0.717) is 22.0 Å². The van der Waals surface area contributed by atoms with Crippen LogP contribution in [0.4, 0.5) is 0 Å². The first-order valence-corrected chi connectivity index (χ1v) is 11.3. The van der Waals surface area contributed by atoms with Crippen LogP contribution in [0.15, 0.2) is 42.2 Å². The number of aliphatic hydroxyl groups excluding tert-OH is 1. The molecule has 1 heterocycles. The largest absolute Gasteiger partial charge is 0.510 e. The highest BCUT2D eigenvalue weighted by Gasteiger charge is 2.52. The van der Waals surface area contributed by atoms with Crippen LogP contribution in [0.2, 0.25) is 10.0 Å². The number of carbonyl (C=O) groups excluding carboxylic acids is 1.